The van der Waals surface area contributed by atoms with E-state index in [1.807, 2.05) is 0 Å². The average molecular weight is 646 g/mol. The van der Waals surface area contributed by atoms with Crippen LogP contribution in [0.15, 0.2) is 82.6 Å². The van der Waals surface area contributed by atoms with Crippen molar-refractivity contribution in [2.24, 2.45) is 5.92 Å². The number of nitrogens with zero attached hydrogens (tertiary/aromatic N) is 1. The summed E-state index contributed by atoms with van der Waals surface area (Å²) in [6.45, 7) is -0.331. The molecule has 1 fully saturated rings. The molecule has 14 heteroatoms. The van der Waals surface area contributed by atoms with E-state index in [1.165, 1.54) is 6.07 Å². The van der Waals surface area contributed by atoms with Gasteiger partial charge in [-0.2, -0.15) is 13.2 Å². The zero-order valence-corrected chi connectivity index (χ0v) is 24.1. The van der Waals surface area contributed by atoms with Crippen LogP contribution in [0.1, 0.15) is 21.9 Å². The van der Waals surface area contributed by atoms with Gasteiger partial charge < -0.3 is 15.0 Å². The number of aromatic nitrogens is 1. The van der Waals surface area contributed by atoms with E-state index in [4.69, 9.17) is 16.3 Å². The number of ether oxygens (including phenoxy) is 1. The second-order valence-corrected chi connectivity index (χ2v) is 12.3. The Morgan fingerprint density at radius 3 is 2.49 bits per heavy atom. The molecule has 3 amide bonds. The Morgan fingerprint density at radius 2 is 1.74 bits per heavy atom. The molecular formula is C29H19ClF3N3O5S2. The van der Waals surface area contributed by atoms with Crippen molar-refractivity contribution in [3.8, 4) is 5.75 Å². The third-order valence-corrected chi connectivity index (χ3v) is 9.62. The Balaban J connectivity index is 1.29. The van der Waals surface area contributed by atoms with Crippen LogP contribution in [0.4, 0.5) is 24.5 Å². The molecule has 0 aliphatic carbocycles. The van der Waals surface area contributed by atoms with Crippen molar-refractivity contribution in [1.29, 1.82) is 0 Å². The van der Waals surface area contributed by atoms with Crippen LogP contribution in [-0.2, 0) is 20.6 Å². The Labute approximate surface area is 254 Å². The molecule has 6 rings (SSSR count). The van der Waals surface area contributed by atoms with E-state index >= 15 is 0 Å². The number of alkyl halides is 3. The molecular weight excluding hydrogens is 627 g/mol. The number of halogens is 4. The van der Waals surface area contributed by atoms with Gasteiger partial charge in [0.15, 0.2) is 6.61 Å². The minimum absolute atomic E-state index is 0.181. The number of H-pyrrole nitrogens is 1. The van der Waals surface area contributed by atoms with Gasteiger partial charge in [0.25, 0.3) is 5.91 Å². The second kappa shape index (κ2) is 11.2. The Kier molecular flexibility index (Phi) is 7.57. The van der Waals surface area contributed by atoms with Crippen molar-refractivity contribution in [1.82, 2.24) is 4.98 Å². The lowest BCUT2D eigenvalue weighted by molar-refractivity contribution is -0.137. The number of thioether (sulfide) groups is 1. The topological polar surface area (TPSA) is 109 Å². The molecule has 0 bridgehead atoms. The average Bonchev–Trinajstić information content (AvgIpc) is 3.47. The van der Waals surface area contributed by atoms with Crippen LogP contribution >= 0.6 is 34.7 Å². The summed E-state index contributed by atoms with van der Waals surface area (Å²) < 4.78 is 45.9. The largest absolute Gasteiger partial charge is 0.484 e. The Hall–Kier alpha value is -4.07. The van der Waals surface area contributed by atoms with Gasteiger partial charge in [-0.15, -0.1) is 0 Å². The van der Waals surface area contributed by atoms with E-state index in [-0.39, 0.29) is 17.2 Å². The first kappa shape index (κ1) is 29.0. The van der Waals surface area contributed by atoms with Gasteiger partial charge >= 0.3 is 11.0 Å². The maximum atomic E-state index is 13.8. The van der Waals surface area contributed by atoms with Crippen molar-refractivity contribution in [2.45, 2.75) is 22.4 Å². The first-order valence-corrected chi connectivity index (χ1v) is 14.8. The minimum atomic E-state index is -4.66. The van der Waals surface area contributed by atoms with Crippen LogP contribution in [0.5, 0.6) is 5.75 Å². The fourth-order valence-electron chi connectivity index (χ4n) is 5.13. The van der Waals surface area contributed by atoms with Crippen molar-refractivity contribution in [3.05, 3.63) is 103 Å². The number of nitrogens with one attached hydrogen (secondary N) is 2. The lowest BCUT2D eigenvalue weighted by atomic mass is 9.83. The number of amides is 3. The predicted octanol–water partition coefficient (Wildman–Crippen LogP) is 5.92. The molecule has 0 saturated carbocycles. The number of aromatic amines is 1. The number of carbonyl (C=O) groups excluding carboxylic acids is 3. The number of thiazole rings is 1. The lowest BCUT2D eigenvalue weighted by Crippen LogP contribution is -2.32. The molecule has 3 aromatic carbocycles. The van der Waals surface area contributed by atoms with E-state index in [9.17, 15) is 32.3 Å². The van der Waals surface area contributed by atoms with E-state index in [0.717, 1.165) is 46.2 Å². The van der Waals surface area contributed by atoms with Gasteiger partial charge in [0.2, 0.25) is 11.8 Å². The minimum Gasteiger partial charge on any atom is -0.484 e. The summed E-state index contributed by atoms with van der Waals surface area (Å²) in [7, 11) is 0. The first-order valence-electron chi connectivity index (χ1n) is 12.7. The van der Waals surface area contributed by atoms with Gasteiger partial charge in [-0.3, -0.25) is 19.2 Å². The number of imide groups is 1. The van der Waals surface area contributed by atoms with E-state index in [2.05, 4.69) is 10.3 Å². The molecule has 8 nitrogen and oxygen atoms in total. The van der Waals surface area contributed by atoms with Crippen LogP contribution in [0.3, 0.4) is 0 Å². The molecule has 4 aromatic rings. The SMILES string of the molecule is O=C(COc1cccc(C2c3sc(=O)[nH]c3SC3C(=O)N(c4cccc(C(F)(F)F)c4)C(=O)C32)c1)Nc1ccc(Cl)cc1. The maximum Gasteiger partial charge on any atom is 0.416 e. The van der Waals surface area contributed by atoms with Gasteiger partial charge in [0.05, 0.1) is 22.2 Å². The molecule has 1 aromatic heterocycles. The first-order chi connectivity index (χ1) is 20.5. The van der Waals surface area contributed by atoms with E-state index in [0.29, 0.717) is 31.9 Å². The van der Waals surface area contributed by atoms with Gasteiger partial charge in [-0.25, -0.2) is 4.90 Å². The van der Waals surface area contributed by atoms with Crippen LogP contribution in [0.2, 0.25) is 5.02 Å². The van der Waals surface area contributed by atoms with Crippen molar-refractivity contribution < 1.29 is 32.3 Å². The summed E-state index contributed by atoms with van der Waals surface area (Å²) >= 11 is 7.79. The normalized spacial score (nSPS) is 19.6. The Bertz CT molecular complexity index is 1810. The maximum absolute atomic E-state index is 13.8. The third-order valence-electron chi connectivity index (χ3n) is 6.97. The summed E-state index contributed by atoms with van der Waals surface area (Å²) in [6, 6.07) is 17.2. The third kappa shape index (κ3) is 5.67. The molecule has 2 N–H and O–H groups in total. The quantitative estimate of drug-likeness (QED) is 0.252. The number of rotatable bonds is 6. The lowest BCUT2D eigenvalue weighted by Gasteiger charge is -2.30. The molecule has 220 valence electrons. The number of anilines is 2. The number of fused-ring (bicyclic) bond motifs is 2. The highest BCUT2D eigenvalue weighted by Gasteiger charge is 2.56. The van der Waals surface area contributed by atoms with Crippen molar-refractivity contribution in [2.75, 3.05) is 16.8 Å². The molecule has 0 spiro atoms. The molecule has 3 heterocycles. The van der Waals surface area contributed by atoms with E-state index < -0.39 is 46.5 Å². The molecule has 1 saturated heterocycles. The van der Waals surface area contributed by atoms with Gasteiger partial charge in [-0.05, 0) is 60.2 Å². The summed E-state index contributed by atoms with van der Waals surface area (Å²) in [5.74, 6) is -3.26. The highest BCUT2D eigenvalue weighted by atomic mass is 35.5. The van der Waals surface area contributed by atoms with Gasteiger partial charge in [0, 0.05) is 21.5 Å². The van der Waals surface area contributed by atoms with Crippen LogP contribution < -0.4 is 19.8 Å². The summed E-state index contributed by atoms with van der Waals surface area (Å²) in [6.07, 6.45) is -4.66. The molecule has 43 heavy (non-hydrogen) atoms. The number of benzene rings is 3. The monoisotopic (exact) mass is 645 g/mol. The van der Waals surface area contributed by atoms with Crippen molar-refractivity contribution >= 4 is 63.8 Å². The fraction of sp³-hybridized carbons (Fsp3) is 0.172. The summed E-state index contributed by atoms with van der Waals surface area (Å²) in [5, 5.41) is 2.64. The van der Waals surface area contributed by atoms with Gasteiger partial charge in [-0.1, -0.05) is 52.9 Å². The Morgan fingerprint density at radius 1 is 1.00 bits per heavy atom. The van der Waals surface area contributed by atoms with E-state index in [1.54, 1.807) is 48.5 Å². The summed E-state index contributed by atoms with van der Waals surface area (Å²) in [5.41, 5.74) is -0.103. The zero-order chi connectivity index (χ0) is 30.5. The number of hydrogen-bond acceptors (Lipinski definition) is 7. The van der Waals surface area contributed by atoms with Crippen LogP contribution in [0, 0.1) is 5.92 Å². The van der Waals surface area contributed by atoms with Crippen molar-refractivity contribution in [3.63, 3.8) is 0 Å². The number of carbonyl (C=O) groups is 3. The molecule has 2 aliphatic rings. The second-order valence-electron chi connectivity index (χ2n) is 9.73. The zero-order valence-electron chi connectivity index (χ0n) is 21.7. The fourth-order valence-corrected chi connectivity index (χ4v) is 7.77. The smallest absolute Gasteiger partial charge is 0.416 e. The molecule has 3 unspecified atom stereocenters. The predicted molar refractivity (Wildman–Crippen MR) is 156 cm³/mol. The standard InChI is InChI=1S/C29H19ClF3N3O5S2/c30-16-7-9-17(10-8-16)34-20(37)13-41-19-6-1-3-14(11-19)21-22-24(42-25-23(21)43-28(40)35-25)27(39)36(26(22)38)18-5-2-4-15(12-18)29(31,32)33/h1-12,21-22,24H,13H2,(H,34,37)(H,35,40). The van der Waals surface area contributed by atoms with Crippen LogP contribution in [0.25, 0.3) is 0 Å². The number of hydrogen-bond donors (Lipinski definition) is 2. The van der Waals surface area contributed by atoms with Crippen LogP contribution in [-0.4, -0.2) is 34.6 Å². The molecule has 3 atom stereocenters. The summed E-state index contributed by atoms with van der Waals surface area (Å²) in [4.78, 5) is 55.8. The molecule has 2 aliphatic heterocycles. The molecule has 0 radical (unpaired) electrons. The van der Waals surface area contributed by atoms with Gasteiger partial charge in [0.1, 0.15) is 11.0 Å². The highest BCUT2D eigenvalue weighted by Crippen LogP contribution is 2.53. The highest BCUT2D eigenvalue weighted by molar-refractivity contribution is 8.00.